The summed E-state index contributed by atoms with van der Waals surface area (Å²) in [5.41, 5.74) is 2.23. The predicted molar refractivity (Wildman–Crippen MR) is 73.1 cm³/mol. The molecule has 20 heavy (non-hydrogen) atoms. The van der Waals surface area contributed by atoms with Crippen LogP contribution in [0.5, 0.6) is 0 Å². The SMILES string of the molecule is Cc1cc(N2C(=O)COCC2=O)ccc1C#CCCO. The number of anilines is 1. The minimum atomic E-state index is -0.361. The molecule has 0 saturated carbocycles. The lowest BCUT2D eigenvalue weighted by Gasteiger charge is -2.25. The fourth-order valence-corrected chi connectivity index (χ4v) is 1.92. The van der Waals surface area contributed by atoms with E-state index in [0.29, 0.717) is 12.1 Å². The van der Waals surface area contributed by atoms with E-state index in [0.717, 1.165) is 16.0 Å². The number of carbonyl (C=O) groups excluding carboxylic acids is 2. The number of hydrogen-bond donors (Lipinski definition) is 1. The van der Waals surface area contributed by atoms with Gasteiger partial charge in [-0.3, -0.25) is 9.59 Å². The molecule has 1 aromatic rings. The maximum atomic E-state index is 11.7. The van der Waals surface area contributed by atoms with E-state index in [9.17, 15) is 9.59 Å². The summed E-state index contributed by atoms with van der Waals surface area (Å²) < 4.78 is 4.88. The molecule has 5 nitrogen and oxygen atoms in total. The third kappa shape index (κ3) is 3.05. The van der Waals surface area contributed by atoms with Crippen LogP contribution in [0.15, 0.2) is 18.2 Å². The summed E-state index contributed by atoms with van der Waals surface area (Å²) in [6.07, 6.45) is 0.418. The first-order chi connectivity index (χ1) is 9.63. The lowest BCUT2D eigenvalue weighted by atomic mass is 10.1. The van der Waals surface area contributed by atoms with Gasteiger partial charge in [0.05, 0.1) is 12.3 Å². The quantitative estimate of drug-likeness (QED) is 0.633. The summed E-state index contributed by atoms with van der Waals surface area (Å²) in [4.78, 5) is 24.6. The molecule has 2 amide bonds. The molecule has 1 saturated heterocycles. The van der Waals surface area contributed by atoms with Gasteiger partial charge in [0.1, 0.15) is 13.2 Å². The maximum absolute atomic E-state index is 11.7. The zero-order valence-electron chi connectivity index (χ0n) is 11.2. The van der Waals surface area contributed by atoms with Gasteiger partial charge in [-0.1, -0.05) is 11.8 Å². The van der Waals surface area contributed by atoms with Crippen LogP contribution in [0.25, 0.3) is 0 Å². The van der Waals surface area contributed by atoms with Gasteiger partial charge >= 0.3 is 0 Å². The van der Waals surface area contributed by atoms with Crippen LogP contribution >= 0.6 is 0 Å². The summed E-state index contributed by atoms with van der Waals surface area (Å²) in [5.74, 6) is 5.06. The Labute approximate surface area is 117 Å². The number of aliphatic hydroxyl groups is 1. The monoisotopic (exact) mass is 273 g/mol. The van der Waals surface area contributed by atoms with Crippen molar-refractivity contribution < 1.29 is 19.4 Å². The van der Waals surface area contributed by atoms with Gasteiger partial charge in [-0.25, -0.2) is 4.90 Å². The third-order valence-electron chi connectivity index (χ3n) is 2.88. The molecule has 0 aromatic heterocycles. The Morgan fingerprint density at radius 1 is 1.30 bits per heavy atom. The minimum absolute atomic E-state index is 0.0287. The fourth-order valence-electron chi connectivity index (χ4n) is 1.92. The molecule has 5 heteroatoms. The lowest BCUT2D eigenvalue weighted by Crippen LogP contribution is -2.46. The van der Waals surface area contributed by atoms with Gasteiger partial charge in [0.15, 0.2) is 0 Å². The molecule has 104 valence electrons. The normalized spacial score (nSPS) is 15.0. The summed E-state index contributed by atoms with van der Waals surface area (Å²) in [6, 6.07) is 5.21. The summed E-state index contributed by atoms with van der Waals surface area (Å²) in [6.45, 7) is 1.73. The Hall–Kier alpha value is -2.16. The molecule has 0 bridgehead atoms. The number of imide groups is 1. The number of morpholine rings is 1. The Balaban J connectivity index is 2.27. The van der Waals surface area contributed by atoms with E-state index < -0.39 is 0 Å². The first-order valence-corrected chi connectivity index (χ1v) is 6.27. The van der Waals surface area contributed by atoms with Crippen LogP contribution in [-0.4, -0.2) is 36.7 Å². The van der Waals surface area contributed by atoms with E-state index in [4.69, 9.17) is 9.84 Å². The smallest absolute Gasteiger partial charge is 0.259 e. The number of amides is 2. The zero-order valence-corrected chi connectivity index (χ0v) is 11.2. The standard InChI is InChI=1S/C15H15NO4/c1-11-8-13(6-5-12(11)4-2-3-7-17)16-14(18)9-20-10-15(16)19/h5-6,8,17H,3,7,9-10H2,1H3. The topological polar surface area (TPSA) is 66.8 Å². The minimum Gasteiger partial charge on any atom is -0.395 e. The van der Waals surface area contributed by atoms with E-state index in [1.54, 1.807) is 18.2 Å². The molecular weight excluding hydrogens is 258 g/mol. The Kier molecular flexibility index (Phi) is 4.51. The first-order valence-electron chi connectivity index (χ1n) is 6.27. The molecule has 1 heterocycles. The van der Waals surface area contributed by atoms with Crippen LogP contribution in [0, 0.1) is 18.8 Å². The Bertz CT molecular complexity index is 582. The summed E-state index contributed by atoms with van der Waals surface area (Å²) in [7, 11) is 0. The van der Waals surface area contributed by atoms with Crippen LogP contribution in [0.4, 0.5) is 5.69 Å². The van der Waals surface area contributed by atoms with Crippen molar-refractivity contribution in [1.82, 2.24) is 0 Å². The van der Waals surface area contributed by atoms with Gasteiger partial charge in [-0.15, -0.1) is 0 Å². The second kappa shape index (κ2) is 6.33. The van der Waals surface area contributed by atoms with Gasteiger partial charge in [0.25, 0.3) is 11.8 Å². The van der Waals surface area contributed by atoms with Crippen molar-refractivity contribution in [3.63, 3.8) is 0 Å². The van der Waals surface area contributed by atoms with Crippen molar-refractivity contribution in [1.29, 1.82) is 0 Å². The average Bonchev–Trinajstić information content (AvgIpc) is 2.41. The van der Waals surface area contributed by atoms with Crippen molar-refractivity contribution in [2.75, 3.05) is 24.7 Å². The van der Waals surface area contributed by atoms with Gasteiger partial charge in [-0.2, -0.15) is 0 Å². The number of carbonyl (C=O) groups is 2. The Morgan fingerprint density at radius 2 is 2.00 bits per heavy atom. The highest BCUT2D eigenvalue weighted by molar-refractivity contribution is 6.17. The molecule has 0 unspecified atom stereocenters. The van der Waals surface area contributed by atoms with Crippen LogP contribution in [0.2, 0.25) is 0 Å². The highest BCUT2D eigenvalue weighted by Gasteiger charge is 2.28. The zero-order chi connectivity index (χ0) is 14.5. The average molecular weight is 273 g/mol. The molecule has 0 aliphatic carbocycles. The van der Waals surface area contributed by atoms with E-state index >= 15 is 0 Å². The van der Waals surface area contributed by atoms with Gasteiger partial charge in [-0.05, 0) is 30.7 Å². The highest BCUT2D eigenvalue weighted by atomic mass is 16.5. The van der Waals surface area contributed by atoms with Crippen molar-refractivity contribution in [3.8, 4) is 11.8 Å². The molecular formula is C15H15NO4. The van der Waals surface area contributed by atoms with Crippen molar-refractivity contribution in [2.45, 2.75) is 13.3 Å². The summed E-state index contributed by atoms with van der Waals surface area (Å²) in [5, 5.41) is 8.69. The van der Waals surface area contributed by atoms with Gasteiger partial charge in [0, 0.05) is 12.0 Å². The Morgan fingerprint density at radius 3 is 2.60 bits per heavy atom. The van der Waals surface area contributed by atoms with Crippen LogP contribution in [-0.2, 0) is 14.3 Å². The number of ether oxygens (including phenoxy) is 1. The second-order valence-electron chi connectivity index (χ2n) is 4.39. The molecule has 0 spiro atoms. The highest BCUT2D eigenvalue weighted by Crippen LogP contribution is 2.21. The number of aryl methyl sites for hydroxylation is 1. The second-order valence-corrected chi connectivity index (χ2v) is 4.39. The molecule has 0 atom stereocenters. The third-order valence-corrected chi connectivity index (χ3v) is 2.88. The fraction of sp³-hybridized carbons (Fsp3) is 0.333. The van der Waals surface area contributed by atoms with Crippen LogP contribution in [0.3, 0.4) is 0 Å². The number of hydrogen-bond acceptors (Lipinski definition) is 4. The number of nitrogens with zero attached hydrogens (tertiary/aromatic N) is 1. The van der Waals surface area contributed by atoms with E-state index in [1.165, 1.54) is 0 Å². The van der Waals surface area contributed by atoms with Crippen LogP contribution < -0.4 is 4.90 Å². The molecule has 0 radical (unpaired) electrons. The molecule has 1 fully saturated rings. The molecule has 1 aliphatic heterocycles. The van der Waals surface area contributed by atoms with Crippen molar-refractivity contribution >= 4 is 17.5 Å². The first kappa shape index (κ1) is 14.3. The van der Waals surface area contributed by atoms with E-state index in [-0.39, 0.29) is 31.6 Å². The molecule has 1 aliphatic rings. The number of aliphatic hydroxyl groups excluding tert-OH is 1. The maximum Gasteiger partial charge on any atom is 0.259 e. The molecule has 2 rings (SSSR count). The van der Waals surface area contributed by atoms with E-state index in [2.05, 4.69) is 11.8 Å². The number of rotatable bonds is 2. The van der Waals surface area contributed by atoms with Crippen molar-refractivity contribution in [3.05, 3.63) is 29.3 Å². The molecule has 1 aromatic carbocycles. The summed E-state index contributed by atoms with van der Waals surface area (Å²) >= 11 is 0. The van der Waals surface area contributed by atoms with Crippen molar-refractivity contribution in [2.24, 2.45) is 0 Å². The number of benzene rings is 1. The molecule has 1 N–H and O–H groups in total. The van der Waals surface area contributed by atoms with Gasteiger partial charge < -0.3 is 9.84 Å². The van der Waals surface area contributed by atoms with Gasteiger partial charge in [0.2, 0.25) is 0 Å². The van der Waals surface area contributed by atoms with Crippen LogP contribution in [0.1, 0.15) is 17.5 Å². The largest absolute Gasteiger partial charge is 0.395 e. The van der Waals surface area contributed by atoms with E-state index in [1.807, 2.05) is 6.92 Å². The lowest BCUT2D eigenvalue weighted by molar-refractivity contribution is -0.138. The predicted octanol–water partition coefficient (Wildman–Crippen LogP) is 0.619.